The molecule has 1 aromatic carbocycles. The zero-order valence-electron chi connectivity index (χ0n) is 11.4. The lowest BCUT2D eigenvalue weighted by Gasteiger charge is -2.25. The molecule has 1 atom stereocenters. The third-order valence-electron chi connectivity index (χ3n) is 3.35. The average molecular weight is 258 g/mol. The number of nitrogens with two attached hydrogens (primary N) is 1. The fourth-order valence-corrected chi connectivity index (χ4v) is 1.97. The Kier molecular flexibility index (Phi) is 3.60. The van der Waals surface area contributed by atoms with Gasteiger partial charge in [-0.05, 0) is 37.6 Å². The SMILES string of the molecule is Cc1ccoc1C(=O)N(C)C(C)c1cccc(N)c1. The quantitative estimate of drug-likeness (QED) is 0.861. The molecule has 0 bridgehead atoms. The van der Waals surface area contributed by atoms with Gasteiger partial charge in [-0.25, -0.2) is 0 Å². The van der Waals surface area contributed by atoms with E-state index in [0.717, 1.165) is 11.1 Å². The maximum atomic E-state index is 12.3. The molecular formula is C15H18N2O2. The minimum Gasteiger partial charge on any atom is -0.459 e. The van der Waals surface area contributed by atoms with E-state index in [9.17, 15) is 4.79 Å². The molecule has 1 unspecified atom stereocenters. The van der Waals surface area contributed by atoms with Crippen LogP contribution in [-0.2, 0) is 0 Å². The Balaban J connectivity index is 2.22. The van der Waals surface area contributed by atoms with E-state index in [1.54, 1.807) is 18.0 Å². The monoisotopic (exact) mass is 258 g/mol. The third kappa shape index (κ3) is 2.62. The van der Waals surface area contributed by atoms with Crippen LogP contribution in [0.4, 0.5) is 5.69 Å². The highest BCUT2D eigenvalue weighted by molar-refractivity contribution is 5.92. The van der Waals surface area contributed by atoms with Gasteiger partial charge in [0.05, 0.1) is 12.3 Å². The zero-order valence-corrected chi connectivity index (χ0v) is 11.4. The van der Waals surface area contributed by atoms with Gasteiger partial charge in [0.2, 0.25) is 0 Å². The molecule has 0 saturated carbocycles. The van der Waals surface area contributed by atoms with Crippen molar-refractivity contribution < 1.29 is 9.21 Å². The van der Waals surface area contributed by atoms with Gasteiger partial charge in [0, 0.05) is 18.3 Å². The van der Waals surface area contributed by atoms with E-state index < -0.39 is 0 Å². The molecule has 0 saturated heterocycles. The van der Waals surface area contributed by atoms with Crippen molar-refractivity contribution in [3.05, 3.63) is 53.5 Å². The number of carbonyl (C=O) groups excluding carboxylic acids is 1. The van der Waals surface area contributed by atoms with Crippen molar-refractivity contribution in [2.75, 3.05) is 12.8 Å². The van der Waals surface area contributed by atoms with Gasteiger partial charge in [0.25, 0.3) is 5.91 Å². The van der Waals surface area contributed by atoms with Crippen LogP contribution in [-0.4, -0.2) is 17.9 Å². The Morgan fingerprint density at radius 1 is 1.37 bits per heavy atom. The number of furan rings is 1. The fourth-order valence-electron chi connectivity index (χ4n) is 1.97. The number of aryl methyl sites for hydroxylation is 1. The van der Waals surface area contributed by atoms with E-state index in [4.69, 9.17) is 10.2 Å². The second-order valence-corrected chi connectivity index (χ2v) is 4.69. The molecule has 1 amide bonds. The first kappa shape index (κ1) is 13.2. The van der Waals surface area contributed by atoms with Crippen LogP contribution in [0.3, 0.4) is 0 Å². The van der Waals surface area contributed by atoms with Crippen molar-refractivity contribution in [2.45, 2.75) is 19.9 Å². The lowest BCUT2D eigenvalue weighted by molar-refractivity contribution is 0.0709. The van der Waals surface area contributed by atoms with Crippen molar-refractivity contribution >= 4 is 11.6 Å². The summed E-state index contributed by atoms with van der Waals surface area (Å²) in [6, 6.07) is 9.27. The third-order valence-corrected chi connectivity index (χ3v) is 3.35. The van der Waals surface area contributed by atoms with Crippen LogP contribution >= 0.6 is 0 Å². The van der Waals surface area contributed by atoms with Gasteiger partial charge in [-0.3, -0.25) is 4.79 Å². The molecule has 19 heavy (non-hydrogen) atoms. The smallest absolute Gasteiger partial charge is 0.290 e. The summed E-state index contributed by atoms with van der Waals surface area (Å²) in [6.45, 7) is 3.82. The molecule has 0 fully saturated rings. The largest absolute Gasteiger partial charge is 0.459 e. The van der Waals surface area contributed by atoms with Crippen molar-refractivity contribution in [3.8, 4) is 0 Å². The van der Waals surface area contributed by atoms with Crippen LogP contribution in [0.25, 0.3) is 0 Å². The Morgan fingerprint density at radius 3 is 2.68 bits per heavy atom. The highest BCUT2D eigenvalue weighted by Gasteiger charge is 2.22. The number of rotatable bonds is 3. The molecule has 0 aliphatic carbocycles. The minimum absolute atomic E-state index is 0.0690. The number of amides is 1. The summed E-state index contributed by atoms with van der Waals surface area (Å²) in [4.78, 5) is 14.0. The van der Waals surface area contributed by atoms with Gasteiger partial charge in [-0.1, -0.05) is 12.1 Å². The number of hydrogen-bond donors (Lipinski definition) is 1. The molecular weight excluding hydrogens is 240 g/mol. The van der Waals surface area contributed by atoms with E-state index in [2.05, 4.69) is 0 Å². The maximum absolute atomic E-state index is 12.3. The highest BCUT2D eigenvalue weighted by atomic mass is 16.3. The van der Waals surface area contributed by atoms with Crippen LogP contribution in [0.1, 0.15) is 34.6 Å². The van der Waals surface area contributed by atoms with E-state index in [1.807, 2.05) is 38.1 Å². The molecule has 2 rings (SSSR count). The number of nitrogen functional groups attached to an aromatic ring is 1. The van der Waals surface area contributed by atoms with Crippen LogP contribution in [0, 0.1) is 6.92 Å². The summed E-state index contributed by atoms with van der Waals surface area (Å²) < 4.78 is 5.24. The molecule has 1 heterocycles. The summed E-state index contributed by atoms with van der Waals surface area (Å²) in [6.07, 6.45) is 1.53. The fraction of sp³-hybridized carbons (Fsp3) is 0.267. The Bertz CT molecular complexity index is 589. The van der Waals surface area contributed by atoms with Crippen molar-refractivity contribution in [1.82, 2.24) is 4.90 Å². The predicted octanol–water partition coefficient (Wildman–Crippen LogP) is 3.00. The molecule has 0 aliphatic heterocycles. The average Bonchev–Trinajstić information content (AvgIpc) is 2.82. The molecule has 2 N–H and O–H groups in total. The topological polar surface area (TPSA) is 59.5 Å². The van der Waals surface area contributed by atoms with Gasteiger partial charge in [-0.15, -0.1) is 0 Å². The molecule has 100 valence electrons. The summed E-state index contributed by atoms with van der Waals surface area (Å²) in [5, 5.41) is 0. The van der Waals surface area contributed by atoms with E-state index in [0.29, 0.717) is 11.4 Å². The minimum atomic E-state index is -0.127. The van der Waals surface area contributed by atoms with Gasteiger partial charge in [-0.2, -0.15) is 0 Å². The van der Waals surface area contributed by atoms with Crippen molar-refractivity contribution in [1.29, 1.82) is 0 Å². The van der Waals surface area contributed by atoms with Crippen LogP contribution in [0.15, 0.2) is 41.0 Å². The lowest BCUT2D eigenvalue weighted by Crippen LogP contribution is -2.29. The zero-order chi connectivity index (χ0) is 14.0. The molecule has 4 heteroatoms. The normalized spacial score (nSPS) is 12.2. The summed E-state index contributed by atoms with van der Waals surface area (Å²) in [5.74, 6) is 0.260. The number of benzene rings is 1. The van der Waals surface area contributed by atoms with Gasteiger partial charge >= 0.3 is 0 Å². The van der Waals surface area contributed by atoms with Crippen LogP contribution in [0.5, 0.6) is 0 Å². The first-order chi connectivity index (χ1) is 9.00. The summed E-state index contributed by atoms with van der Waals surface area (Å²) in [7, 11) is 1.76. The van der Waals surface area contributed by atoms with E-state index in [1.165, 1.54) is 6.26 Å². The second-order valence-electron chi connectivity index (χ2n) is 4.69. The summed E-state index contributed by atoms with van der Waals surface area (Å²) in [5.41, 5.74) is 8.31. The maximum Gasteiger partial charge on any atom is 0.290 e. The molecule has 0 radical (unpaired) electrons. The summed E-state index contributed by atoms with van der Waals surface area (Å²) >= 11 is 0. The molecule has 2 aromatic rings. The Hall–Kier alpha value is -2.23. The van der Waals surface area contributed by atoms with E-state index >= 15 is 0 Å². The Labute approximate surface area is 112 Å². The first-order valence-corrected chi connectivity index (χ1v) is 6.17. The first-order valence-electron chi connectivity index (χ1n) is 6.17. The second kappa shape index (κ2) is 5.18. The van der Waals surface area contributed by atoms with Gasteiger partial charge in [0.1, 0.15) is 0 Å². The van der Waals surface area contributed by atoms with E-state index in [-0.39, 0.29) is 11.9 Å². The van der Waals surface area contributed by atoms with Crippen molar-refractivity contribution in [2.24, 2.45) is 0 Å². The standard InChI is InChI=1S/C15H18N2O2/c1-10-7-8-19-14(10)15(18)17(3)11(2)12-5-4-6-13(16)9-12/h4-9,11H,16H2,1-3H3. The lowest BCUT2D eigenvalue weighted by atomic mass is 10.1. The van der Waals surface area contributed by atoms with Crippen molar-refractivity contribution in [3.63, 3.8) is 0 Å². The molecule has 1 aromatic heterocycles. The number of anilines is 1. The predicted molar refractivity (Wildman–Crippen MR) is 74.8 cm³/mol. The molecule has 0 spiro atoms. The number of nitrogens with zero attached hydrogens (tertiary/aromatic N) is 1. The number of carbonyl (C=O) groups is 1. The molecule has 4 nitrogen and oxygen atoms in total. The van der Waals surface area contributed by atoms with Crippen LogP contribution in [0.2, 0.25) is 0 Å². The Morgan fingerprint density at radius 2 is 2.11 bits per heavy atom. The number of hydrogen-bond acceptors (Lipinski definition) is 3. The van der Waals surface area contributed by atoms with Gasteiger partial charge in [0.15, 0.2) is 5.76 Å². The van der Waals surface area contributed by atoms with Gasteiger partial charge < -0.3 is 15.1 Å². The molecule has 0 aliphatic rings. The van der Waals surface area contributed by atoms with Crippen LogP contribution < -0.4 is 5.73 Å². The highest BCUT2D eigenvalue weighted by Crippen LogP contribution is 2.23.